The fraction of sp³-hybridized carbons (Fsp3) is 0.529. The van der Waals surface area contributed by atoms with Crippen molar-refractivity contribution >= 4 is 17.5 Å². The van der Waals surface area contributed by atoms with Crippen LogP contribution in [0.2, 0.25) is 0 Å². The fourth-order valence-corrected chi connectivity index (χ4v) is 3.38. The summed E-state index contributed by atoms with van der Waals surface area (Å²) in [4.78, 5) is 28.5. The average molecular weight is 286 g/mol. The van der Waals surface area contributed by atoms with E-state index in [1.807, 2.05) is 35.2 Å². The number of carbonyl (C=O) groups is 2. The second kappa shape index (κ2) is 5.88. The van der Waals surface area contributed by atoms with E-state index in [0.29, 0.717) is 18.9 Å². The molecule has 0 spiro atoms. The standard InChI is InChI=1S/C17H22N2O2/c1-13-6-5-9-18(11-13)17(21)14-10-16(20)19(12-14)15-7-3-2-4-8-15/h2-4,7-8,13-14H,5-6,9-12H2,1H3/t13-,14-/m1/s1. The van der Waals surface area contributed by atoms with E-state index in [9.17, 15) is 9.59 Å². The Balaban J connectivity index is 1.68. The first kappa shape index (κ1) is 14.1. The monoisotopic (exact) mass is 286 g/mol. The molecule has 0 saturated carbocycles. The molecule has 2 saturated heterocycles. The van der Waals surface area contributed by atoms with Crippen LogP contribution in [-0.4, -0.2) is 36.3 Å². The topological polar surface area (TPSA) is 40.6 Å². The van der Waals surface area contributed by atoms with Crippen molar-refractivity contribution in [2.45, 2.75) is 26.2 Å². The molecular formula is C17H22N2O2. The summed E-state index contributed by atoms with van der Waals surface area (Å²) in [7, 11) is 0. The number of benzene rings is 1. The number of para-hydroxylation sites is 1. The van der Waals surface area contributed by atoms with Crippen molar-refractivity contribution in [3.63, 3.8) is 0 Å². The van der Waals surface area contributed by atoms with Crippen molar-refractivity contribution in [2.75, 3.05) is 24.5 Å². The number of rotatable bonds is 2. The Bertz CT molecular complexity index is 529. The van der Waals surface area contributed by atoms with Gasteiger partial charge in [-0.15, -0.1) is 0 Å². The minimum Gasteiger partial charge on any atom is -0.342 e. The average Bonchev–Trinajstić information content (AvgIpc) is 2.89. The molecule has 0 N–H and O–H groups in total. The number of nitrogens with zero attached hydrogens (tertiary/aromatic N) is 2. The number of hydrogen-bond acceptors (Lipinski definition) is 2. The quantitative estimate of drug-likeness (QED) is 0.837. The molecule has 0 unspecified atom stereocenters. The van der Waals surface area contributed by atoms with Gasteiger partial charge in [0.05, 0.1) is 5.92 Å². The maximum Gasteiger partial charge on any atom is 0.228 e. The molecule has 4 nitrogen and oxygen atoms in total. The summed E-state index contributed by atoms with van der Waals surface area (Å²) in [5.74, 6) is 0.617. The fourth-order valence-electron chi connectivity index (χ4n) is 3.38. The second-order valence-corrected chi connectivity index (χ2v) is 6.27. The molecule has 4 heteroatoms. The van der Waals surface area contributed by atoms with Crippen molar-refractivity contribution in [1.82, 2.24) is 4.90 Å². The predicted octanol–water partition coefficient (Wildman–Crippen LogP) is 2.30. The van der Waals surface area contributed by atoms with E-state index >= 15 is 0 Å². The van der Waals surface area contributed by atoms with E-state index in [1.165, 1.54) is 6.42 Å². The normalized spacial score (nSPS) is 26.2. The third-order valence-electron chi connectivity index (χ3n) is 4.51. The Hall–Kier alpha value is -1.84. The zero-order valence-corrected chi connectivity index (χ0v) is 12.5. The van der Waals surface area contributed by atoms with Crippen molar-refractivity contribution in [2.24, 2.45) is 11.8 Å². The lowest BCUT2D eigenvalue weighted by atomic mass is 9.98. The summed E-state index contributed by atoms with van der Waals surface area (Å²) < 4.78 is 0. The van der Waals surface area contributed by atoms with Crippen LogP contribution in [0.1, 0.15) is 26.2 Å². The molecule has 2 aliphatic heterocycles. The molecule has 0 aliphatic carbocycles. The molecule has 2 aliphatic rings. The van der Waals surface area contributed by atoms with Gasteiger partial charge < -0.3 is 9.80 Å². The van der Waals surface area contributed by atoms with E-state index in [-0.39, 0.29) is 17.7 Å². The van der Waals surface area contributed by atoms with Gasteiger partial charge in [0.2, 0.25) is 11.8 Å². The zero-order valence-electron chi connectivity index (χ0n) is 12.5. The van der Waals surface area contributed by atoms with E-state index < -0.39 is 0 Å². The van der Waals surface area contributed by atoms with Gasteiger partial charge in [0.25, 0.3) is 0 Å². The lowest BCUT2D eigenvalue weighted by molar-refractivity contribution is -0.137. The van der Waals surface area contributed by atoms with Gasteiger partial charge in [-0.1, -0.05) is 25.1 Å². The third-order valence-corrected chi connectivity index (χ3v) is 4.51. The Labute approximate surface area is 125 Å². The van der Waals surface area contributed by atoms with Crippen LogP contribution in [0.5, 0.6) is 0 Å². The Morgan fingerprint density at radius 3 is 2.67 bits per heavy atom. The van der Waals surface area contributed by atoms with Gasteiger partial charge in [-0.2, -0.15) is 0 Å². The molecule has 0 aromatic heterocycles. The van der Waals surface area contributed by atoms with Gasteiger partial charge in [-0.05, 0) is 30.9 Å². The maximum atomic E-state index is 12.6. The summed E-state index contributed by atoms with van der Waals surface area (Å²) in [6, 6.07) is 9.62. The van der Waals surface area contributed by atoms with E-state index in [4.69, 9.17) is 0 Å². The van der Waals surface area contributed by atoms with Gasteiger partial charge in [0, 0.05) is 31.7 Å². The minimum atomic E-state index is -0.178. The Morgan fingerprint density at radius 1 is 1.19 bits per heavy atom. The lowest BCUT2D eigenvalue weighted by Crippen LogP contribution is -2.43. The summed E-state index contributed by atoms with van der Waals surface area (Å²) in [6.07, 6.45) is 2.62. The molecule has 2 atom stereocenters. The molecule has 2 fully saturated rings. The molecule has 1 aromatic carbocycles. The molecule has 3 rings (SSSR count). The first-order valence-corrected chi connectivity index (χ1v) is 7.79. The van der Waals surface area contributed by atoms with Crippen LogP contribution < -0.4 is 4.90 Å². The molecule has 1 aromatic rings. The summed E-state index contributed by atoms with van der Waals surface area (Å²) in [5, 5.41) is 0. The number of carbonyl (C=O) groups excluding carboxylic acids is 2. The van der Waals surface area contributed by atoms with Crippen molar-refractivity contribution in [3.05, 3.63) is 30.3 Å². The SMILES string of the molecule is C[C@@H]1CCCN(C(=O)[C@@H]2CC(=O)N(c3ccccc3)C2)C1. The van der Waals surface area contributed by atoms with Crippen molar-refractivity contribution in [3.8, 4) is 0 Å². The minimum absolute atomic E-state index is 0.0598. The van der Waals surface area contributed by atoms with Crippen molar-refractivity contribution < 1.29 is 9.59 Å². The highest BCUT2D eigenvalue weighted by molar-refractivity contribution is 6.00. The van der Waals surface area contributed by atoms with Crippen LogP contribution in [-0.2, 0) is 9.59 Å². The highest BCUT2D eigenvalue weighted by Gasteiger charge is 2.37. The van der Waals surface area contributed by atoms with E-state index in [2.05, 4.69) is 6.92 Å². The van der Waals surface area contributed by atoms with Gasteiger partial charge in [-0.25, -0.2) is 0 Å². The molecular weight excluding hydrogens is 264 g/mol. The van der Waals surface area contributed by atoms with Gasteiger partial charge in [-0.3, -0.25) is 9.59 Å². The number of amides is 2. The molecule has 2 amide bonds. The van der Waals surface area contributed by atoms with Crippen molar-refractivity contribution in [1.29, 1.82) is 0 Å². The van der Waals surface area contributed by atoms with Gasteiger partial charge >= 0.3 is 0 Å². The van der Waals surface area contributed by atoms with Crippen LogP contribution in [0.25, 0.3) is 0 Å². The number of hydrogen-bond donors (Lipinski definition) is 0. The maximum absolute atomic E-state index is 12.6. The molecule has 112 valence electrons. The van der Waals surface area contributed by atoms with Crippen LogP contribution in [0.3, 0.4) is 0 Å². The summed E-state index contributed by atoms with van der Waals surface area (Å²) in [5.41, 5.74) is 0.893. The molecule has 0 radical (unpaired) electrons. The summed E-state index contributed by atoms with van der Waals surface area (Å²) in [6.45, 7) is 4.40. The van der Waals surface area contributed by atoms with Gasteiger partial charge in [0.15, 0.2) is 0 Å². The number of piperidine rings is 1. The summed E-state index contributed by atoms with van der Waals surface area (Å²) >= 11 is 0. The lowest BCUT2D eigenvalue weighted by Gasteiger charge is -2.32. The first-order valence-electron chi connectivity index (χ1n) is 7.79. The Kier molecular flexibility index (Phi) is 3.95. The van der Waals surface area contributed by atoms with Crippen LogP contribution in [0, 0.1) is 11.8 Å². The van der Waals surface area contributed by atoms with E-state index in [0.717, 1.165) is 25.2 Å². The first-order chi connectivity index (χ1) is 10.1. The zero-order chi connectivity index (χ0) is 14.8. The number of anilines is 1. The predicted molar refractivity (Wildman–Crippen MR) is 81.9 cm³/mol. The second-order valence-electron chi connectivity index (χ2n) is 6.27. The van der Waals surface area contributed by atoms with Crippen LogP contribution in [0.15, 0.2) is 30.3 Å². The molecule has 21 heavy (non-hydrogen) atoms. The molecule has 2 heterocycles. The largest absolute Gasteiger partial charge is 0.342 e. The smallest absolute Gasteiger partial charge is 0.228 e. The van der Waals surface area contributed by atoms with Gasteiger partial charge in [0.1, 0.15) is 0 Å². The van der Waals surface area contributed by atoms with Crippen LogP contribution >= 0.6 is 0 Å². The number of likely N-dealkylation sites (tertiary alicyclic amines) is 1. The van der Waals surface area contributed by atoms with Crippen LogP contribution in [0.4, 0.5) is 5.69 Å². The highest BCUT2D eigenvalue weighted by Crippen LogP contribution is 2.27. The highest BCUT2D eigenvalue weighted by atomic mass is 16.2. The Morgan fingerprint density at radius 2 is 1.95 bits per heavy atom. The van der Waals surface area contributed by atoms with E-state index in [1.54, 1.807) is 4.90 Å². The molecule has 0 bridgehead atoms. The third kappa shape index (κ3) is 2.94.